The van der Waals surface area contributed by atoms with Crippen LogP contribution in [0.25, 0.3) is 0 Å². The fourth-order valence-corrected chi connectivity index (χ4v) is 10.1. The van der Waals surface area contributed by atoms with Crippen molar-refractivity contribution in [3.8, 4) is 0 Å². The molecule has 4 nitrogen and oxygen atoms in total. The van der Waals surface area contributed by atoms with Crippen LogP contribution >= 0.6 is 0 Å². The molecule has 0 spiro atoms. The van der Waals surface area contributed by atoms with Gasteiger partial charge in [0.05, 0.1) is 5.60 Å². The Balaban J connectivity index is -0.00000158. The molecular weight excluding hydrogens is 821 g/mol. The third-order valence-corrected chi connectivity index (χ3v) is 14.1. The molecule has 0 aliphatic heterocycles. The average molecular weight is 943 g/mol. The molecule has 0 heterocycles. The summed E-state index contributed by atoms with van der Waals surface area (Å²) in [5, 5.41) is 21.2. The standard InChI is InChI=1S/C56H112O.C3H8O.2H2O.Ti/c1-7-11-15-19-23-27-31-35-39-43-47-51-54(49-45-41-37-33-29-25-21-17-13-9-3)56(57,53(5)6)55(50-46-42-38-34-30-26-22-18-14-10-4)52-48-44-40-36-32-28-24-20-16-12-8-2;1-3(2)4;;;/h54-55,57H,5,7-52H2,1-4,6H3;3-4H,1-2H3;2*1H2;/p-2. The quantitative estimate of drug-likeness (QED) is 0.0360. The van der Waals surface area contributed by atoms with Crippen LogP contribution < -0.4 is 0 Å². The van der Waals surface area contributed by atoms with Gasteiger partial charge in [0.15, 0.2) is 0 Å². The Kier molecular flexibility index (Phi) is 68.0. The molecule has 0 aromatic heterocycles. The molecule has 2 atom stereocenters. The first kappa shape index (κ1) is 73.3. The summed E-state index contributed by atoms with van der Waals surface area (Å²) in [4.78, 5) is 0. The molecular formula is C59H122O4Ti-2. The minimum atomic E-state index is -0.699. The molecule has 0 bridgehead atoms. The molecule has 0 aliphatic carbocycles. The second-order valence-electron chi connectivity index (χ2n) is 20.7. The van der Waals surface area contributed by atoms with Gasteiger partial charge >= 0.3 is 0 Å². The van der Waals surface area contributed by atoms with Gasteiger partial charge < -0.3 is 21.2 Å². The van der Waals surface area contributed by atoms with Gasteiger partial charge in [0.2, 0.25) is 0 Å². The molecule has 388 valence electrons. The van der Waals surface area contributed by atoms with Crippen molar-refractivity contribution in [2.24, 2.45) is 11.8 Å². The number of hydrogen-bond donors (Lipinski definition) is 2. The molecule has 0 aromatic carbocycles. The summed E-state index contributed by atoms with van der Waals surface area (Å²) in [5.41, 5.74) is 0.387. The van der Waals surface area contributed by atoms with Gasteiger partial charge in [-0.3, -0.25) is 0 Å². The van der Waals surface area contributed by atoms with E-state index in [0.29, 0.717) is 11.8 Å². The normalized spacial score (nSPS) is 13.0. The van der Waals surface area contributed by atoms with E-state index in [-0.39, 0.29) is 38.8 Å². The first-order chi connectivity index (χ1) is 29.7. The number of hydrogen-bond acceptors (Lipinski definition) is 4. The van der Waals surface area contributed by atoms with E-state index >= 15 is 0 Å². The van der Waals surface area contributed by atoms with Gasteiger partial charge in [-0.15, -0.1) is 0 Å². The molecule has 0 saturated heterocycles. The Hall–Kier alpha value is 0.294. The summed E-state index contributed by atoms with van der Waals surface area (Å²) in [5.74, 6) is 0.756. The van der Waals surface area contributed by atoms with Gasteiger partial charge in [-0.25, -0.2) is 0 Å². The van der Waals surface area contributed by atoms with Gasteiger partial charge in [0.25, 0.3) is 0 Å². The van der Waals surface area contributed by atoms with E-state index in [1.807, 2.05) is 0 Å². The first-order valence-electron chi connectivity index (χ1n) is 28.8. The zero-order valence-electron chi connectivity index (χ0n) is 45.3. The zero-order chi connectivity index (χ0) is 45.3. The van der Waals surface area contributed by atoms with E-state index in [2.05, 4.69) is 41.2 Å². The topological polar surface area (TPSA) is 100 Å². The minimum absolute atomic E-state index is 0. The Morgan fingerprint density at radius 3 is 0.594 bits per heavy atom. The zero-order valence-corrected chi connectivity index (χ0v) is 46.8. The molecule has 0 radical (unpaired) electrons. The van der Waals surface area contributed by atoms with E-state index < -0.39 is 5.60 Å². The molecule has 0 aliphatic rings. The van der Waals surface area contributed by atoms with Crippen molar-refractivity contribution in [3.05, 3.63) is 12.2 Å². The van der Waals surface area contributed by atoms with Gasteiger partial charge in [0.1, 0.15) is 0 Å². The summed E-state index contributed by atoms with van der Waals surface area (Å²) in [7, 11) is 0. The summed E-state index contributed by atoms with van der Waals surface area (Å²) < 4.78 is 0. The van der Waals surface area contributed by atoms with E-state index in [9.17, 15) is 5.11 Å². The molecule has 0 rings (SSSR count). The van der Waals surface area contributed by atoms with Crippen LogP contribution in [0, 0.1) is 11.8 Å². The number of aliphatic hydroxyl groups is 2. The fraction of sp³-hybridized carbons (Fsp3) is 0.966. The number of rotatable bonds is 49. The maximum atomic E-state index is 13.1. The van der Waals surface area contributed by atoms with Crippen LogP contribution in [0.15, 0.2) is 12.2 Å². The third kappa shape index (κ3) is 50.2. The Morgan fingerprint density at radius 1 is 0.344 bits per heavy atom. The number of aliphatic hydroxyl groups excluding tert-OH is 1. The van der Waals surface area contributed by atoms with Crippen LogP contribution in [0.4, 0.5) is 0 Å². The second-order valence-corrected chi connectivity index (χ2v) is 20.7. The van der Waals surface area contributed by atoms with Crippen LogP contribution in [0.5, 0.6) is 0 Å². The van der Waals surface area contributed by atoms with Crippen LogP contribution in [0.1, 0.15) is 344 Å². The van der Waals surface area contributed by atoms with Crippen LogP contribution in [0.3, 0.4) is 0 Å². The Bertz CT molecular complexity index is 777. The fourth-order valence-electron chi connectivity index (χ4n) is 10.1. The number of unbranched alkanes of at least 4 members (excludes halogenated alkanes) is 38. The maximum absolute atomic E-state index is 13.1. The Morgan fingerprint density at radius 2 is 0.469 bits per heavy atom. The molecule has 2 unspecified atom stereocenters. The summed E-state index contributed by atoms with van der Waals surface area (Å²) in [6.07, 6.45) is 63.1. The molecule has 0 amide bonds. The van der Waals surface area contributed by atoms with Crippen molar-refractivity contribution >= 4 is 0 Å². The molecule has 0 saturated carbocycles. The smallest absolute Gasteiger partial charge is 0.0907 e. The Labute approximate surface area is 420 Å². The minimum Gasteiger partial charge on any atom is -0.870 e. The van der Waals surface area contributed by atoms with E-state index in [0.717, 1.165) is 5.57 Å². The van der Waals surface area contributed by atoms with Crippen LogP contribution in [-0.4, -0.2) is 32.9 Å². The van der Waals surface area contributed by atoms with Gasteiger partial charge in [-0.05, 0) is 63.9 Å². The van der Waals surface area contributed by atoms with E-state index in [4.69, 9.17) is 5.11 Å². The SMILES string of the molecule is C=C(C)C(O)(C(CCCCCCCCCCCC)CCCCCCCCCCCCC)C(CCCCCCCCCCCC)CCCCCCCCCCCCC.CC(C)O.[OH-].[OH-].[Ti]. The van der Waals surface area contributed by atoms with Crippen molar-refractivity contribution < 1.29 is 42.9 Å². The van der Waals surface area contributed by atoms with Gasteiger partial charge in [-0.1, -0.05) is 304 Å². The molecule has 4 N–H and O–H groups in total. The van der Waals surface area contributed by atoms with Crippen molar-refractivity contribution in [2.75, 3.05) is 0 Å². The van der Waals surface area contributed by atoms with Crippen molar-refractivity contribution in [1.29, 1.82) is 0 Å². The molecule has 5 heteroatoms. The van der Waals surface area contributed by atoms with Gasteiger partial charge in [-0.2, -0.15) is 0 Å². The molecule has 0 fully saturated rings. The monoisotopic (exact) mass is 943 g/mol. The van der Waals surface area contributed by atoms with Crippen molar-refractivity contribution in [2.45, 2.75) is 356 Å². The maximum Gasteiger partial charge on any atom is 0.0907 e. The first-order valence-corrected chi connectivity index (χ1v) is 28.8. The largest absolute Gasteiger partial charge is 0.870 e. The molecule has 64 heavy (non-hydrogen) atoms. The van der Waals surface area contributed by atoms with E-state index in [1.54, 1.807) is 13.8 Å². The predicted molar refractivity (Wildman–Crippen MR) is 283 cm³/mol. The van der Waals surface area contributed by atoms with Crippen molar-refractivity contribution in [3.63, 3.8) is 0 Å². The molecule has 0 aromatic rings. The third-order valence-electron chi connectivity index (χ3n) is 14.1. The van der Waals surface area contributed by atoms with Crippen molar-refractivity contribution in [1.82, 2.24) is 0 Å². The van der Waals surface area contributed by atoms with E-state index in [1.165, 1.54) is 295 Å². The summed E-state index contributed by atoms with van der Waals surface area (Å²) >= 11 is 0. The summed E-state index contributed by atoms with van der Waals surface area (Å²) in [6.45, 7) is 19.5. The second kappa shape index (κ2) is 59.4. The van der Waals surface area contributed by atoms with Crippen LogP contribution in [-0.2, 0) is 21.7 Å². The van der Waals surface area contributed by atoms with Crippen LogP contribution in [0.2, 0.25) is 0 Å². The predicted octanol–water partition coefficient (Wildman–Crippen LogP) is 20.6. The van der Waals surface area contributed by atoms with Gasteiger partial charge in [0, 0.05) is 27.8 Å². The summed E-state index contributed by atoms with van der Waals surface area (Å²) in [6, 6.07) is 0. The average Bonchev–Trinajstić information content (AvgIpc) is 3.23.